The summed E-state index contributed by atoms with van der Waals surface area (Å²) < 4.78 is 0. The van der Waals surface area contributed by atoms with Crippen molar-refractivity contribution in [3.8, 4) is 5.75 Å². The average Bonchev–Trinajstić information content (AvgIpc) is 2.87. The molecule has 10 heteroatoms. The fourth-order valence-electron chi connectivity index (χ4n) is 4.88. The van der Waals surface area contributed by atoms with Gasteiger partial charge in [0.05, 0.1) is 23.8 Å². The van der Waals surface area contributed by atoms with Gasteiger partial charge >= 0.3 is 5.97 Å². The fraction of sp³-hybridized carbons (Fsp3) is 0.357. The average molecular weight is 539 g/mol. The lowest BCUT2D eigenvalue weighted by atomic mass is 9.88. The molecule has 3 N–H and O–H groups in total. The summed E-state index contributed by atoms with van der Waals surface area (Å²) in [5.74, 6) is -1.92. The molecule has 1 saturated heterocycles. The fourth-order valence-corrected chi connectivity index (χ4v) is 5.19. The van der Waals surface area contributed by atoms with Crippen LogP contribution in [0.3, 0.4) is 0 Å². The number of anilines is 2. The molecule has 200 valence electrons. The van der Waals surface area contributed by atoms with Gasteiger partial charge in [0.15, 0.2) is 5.71 Å². The molecular weight excluding hydrogens is 508 g/mol. The monoisotopic (exact) mass is 538 g/mol. The number of carboxylic acids is 1. The molecule has 0 unspecified atom stereocenters. The Kier molecular flexibility index (Phi) is 8.18. The first kappa shape index (κ1) is 27.3. The van der Waals surface area contributed by atoms with Crippen LogP contribution in [0.2, 0.25) is 0 Å². The molecule has 2 aromatic rings. The van der Waals surface area contributed by atoms with Crippen molar-refractivity contribution in [2.45, 2.75) is 39.5 Å². The molecule has 0 aromatic heterocycles. The van der Waals surface area contributed by atoms with Crippen LogP contribution < -0.4 is 10.3 Å². The second-order valence-corrected chi connectivity index (χ2v) is 9.98. The number of nitrogens with zero attached hydrogens (tertiary/aromatic N) is 3. The SMILES string of the molecule is CC1=C(CCl)C(=O)N(c2ccc(C)c(C)c2)C(=O)C1=NNc1cccc(C2CCN(CC(=O)O)CC2)c1O. The molecule has 4 rings (SSSR count). The highest BCUT2D eigenvalue weighted by Crippen LogP contribution is 2.38. The van der Waals surface area contributed by atoms with Crippen molar-refractivity contribution < 1.29 is 24.6 Å². The number of likely N-dealkylation sites (tertiary alicyclic amines) is 1. The standard InChI is InChI=1S/C28H31ClN4O5/c1-16-7-8-20(13-17(16)2)33-27(37)22(14-29)18(3)25(28(33)38)31-30-23-6-4-5-21(26(23)36)19-9-11-32(12-10-19)15-24(34)35/h4-8,13,19,30,36H,9-12,14-15H2,1-3H3,(H,34,35). The predicted octanol–water partition coefficient (Wildman–Crippen LogP) is 4.17. The second-order valence-electron chi connectivity index (χ2n) is 9.71. The zero-order chi connectivity index (χ0) is 27.6. The van der Waals surface area contributed by atoms with E-state index in [1.165, 1.54) is 0 Å². The number of amides is 2. The number of phenolic OH excluding ortho intramolecular Hbond substituents is 1. The molecule has 2 heterocycles. The van der Waals surface area contributed by atoms with E-state index in [0.29, 0.717) is 42.9 Å². The van der Waals surface area contributed by atoms with Gasteiger partial charge in [-0.1, -0.05) is 18.2 Å². The molecular formula is C28H31ClN4O5. The molecule has 0 atom stereocenters. The molecule has 0 spiro atoms. The number of benzene rings is 2. The Morgan fingerprint density at radius 2 is 1.79 bits per heavy atom. The molecule has 0 bridgehead atoms. The lowest BCUT2D eigenvalue weighted by Crippen LogP contribution is -2.47. The Hall–Kier alpha value is -3.69. The van der Waals surface area contributed by atoms with Crippen molar-refractivity contribution in [2.24, 2.45) is 5.10 Å². The van der Waals surface area contributed by atoms with Crippen LogP contribution >= 0.6 is 11.6 Å². The van der Waals surface area contributed by atoms with E-state index in [2.05, 4.69) is 10.5 Å². The van der Waals surface area contributed by atoms with Crippen LogP contribution in [0.4, 0.5) is 11.4 Å². The van der Waals surface area contributed by atoms with Crippen molar-refractivity contribution in [1.29, 1.82) is 0 Å². The number of aromatic hydroxyl groups is 1. The third kappa shape index (κ3) is 5.44. The molecule has 0 aliphatic carbocycles. The number of para-hydroxylation sites is 1. The number of carboxylic acid groups (broad SMARTS) is 1. The summed E-state index contributed by atoms with van der Waals surface area (Å²) in [6.07, 6.45) is 1.43. The van der Waals surface area contributed by atoms with E-state index in [9.17, 15) is 19.5 Å². The van der Waals surface area contributed by atoms with Gasteiger partial charge in [-0.25, -0.2) is 4.90 Å². The second kappa shape index (κ2) is 11.4. The van der Waals surface area contributed by atoms with Crippen LogP contribution in [-0.4, -0.2) is 64.1 Å². The molecule has 0 saturated carbocycles. The summed E-state index contributed by atoms with van der Waals surface area (Å²) in [5.41, 5.74) is 6.98. The van der Waals surface area contributed by atoms with Gasteiger partial charge in [0.2, 0.25) is 0 Å². The maximum atomic E-state index is 13.5. The van der Waals surface area contributed by atoms with Gasteiger partial charge in [-0.3, -0.25) is 24.7 Å². The van der Waals surface area contributed by atoms with Gasteiger partial charge in [0, 0.05) is 5.57 Å². The minimum Gasteiger partial charge on any atom is -0.505 e. The number of halogens is 1. The number of hydrogen-bond acceptors (Lipinski definition) is 7. The number of carbonyl (C=O) groups excluding carboxylic acids is 2. The number of aliphatic carboxylic acids is 1. The minimum atomic E-state index is -0.853. The van der Waals surface area contributed by atoms with Crippen LogP contribution in [-0.2, 0) is 14.4 Å². The summed E-state index contributed by atoms with van der Waals surface area (Å²) in [7, 11) is 0. The predicted molar refractivity (Wildman–Crippen MR) is 147 cm³/mol. The first-order valence-corrected chi connectivity index (χ1v) is 13.0. The first-order chi connectivity index (χ1) is 18.1. The number of phenols is 1. The first-order valence-electron chi connectivity index (χ1n) is 12.4. The van der Waals surface area contributed by atoms with E-state index >= 15 is 0 Å². The summed E-state index contributed by atoms with van der Waals surface area (Å²) in [5, 5.41) is 24.4. The quantitative estimate of drug-likeness (QED) is 0.209. The zero-order valence-electron chi connectivity index (χ0n) is 21.6. The maximum absolute atomic E-state index is 13.5. The number of alkyl halides is 1. The van der Waals surface area contributed by atoms with Crippen molar-refractivity contribution in [3.05, 3.63) is 64.2 Å². The van der Waals surface area contributed by atoms with Crippen LogP contribution in [0.1, 0.15) is 42.4 Å². The van der Waals surface area contributed by atoms with E-state index in [-0.39, 0.29) is 35.4 Å². The highest BCUT2D eigenvalue weighted by molar-refractivity contribution is 6.57. The lowest BCUT2D eigenvalue weighted by Gasteiger charge is -2.31. The Bertz CT molecular complexity index is 1340. The van der Waals surface area contributed by atoms with Crippen LogP contribution in [0, 0.1) is 13.8 Å². The number of hydrogen-bond donors (Lipinski definition) is 3. The minimum absolute atomic E-state index is 0.00462. The Morgan fingerprint density at radius 3 is 2.42 bits per heavy atom. The van der Waals surface area contributed by atoms with Gasteiger partial charge in [-0.15, -0.1) is 11.6 Å². The topological polar surface area (TPSA) is 123 Å². The van der Waals surface area contributed by atoms with Crippen molar-refractivity contribution in [3.63, 3.8) is 0 Å². The number of carbonyl (C=O) groups is 3. The third-order valence-electron chi connectivity index (χ3n) is 7.30. The Balaban J connectivity index is 1.61. The van der Waals surface area contributed by atoms with Gasteiger partial charge in [-0.05, 0) is 93.1 Å². The van der Waals surface area contributed by atoms with Crippen molar-refractivity contribution in [2.75, 3.05) is 35.8 Å². The normalized spacial score (nSPS) is 18.4. The highest BCUT2D eigenvalue weighted by atomic mass is 35.5. The number of hydrazone groups is 1. The van der Waals surface area contributed by atoms with Gasteiger partial charge in [0.1, 0.15) is 5.75 Å². The molecule has 2 aliphatic heterocycles. The number of nitrogens with one attached hydrogen (secondary N) is 1. The number of aryl methyl sites for hydroxylation is 2. The molecule has 2 amide bonds. The van der Waals surface area contributed by atoms with Crippen molar-refractivity contribution >= 4 is 46.5 Å². The highest BCUT2D eigenvalue weighted by Gasteiger charge is 2.37. The molecule has 2 aliphatic rings. The van der Waals surface area contributed by atoms with Crippen LogP contribution in [0.5, 0.6) is 5.75 Å². The molecule has 1 fully saturated rings. The largest absolute Gasteiger partial charge is 0.505 e. The van der Waals surface area contributed by atoms with Crippen molar-refractivity contribution in [1.82, 2.24) is 4.90 Å². The summed E-state index contributed by atoms with van der Waals surface area (Å²) >= 11 is 6.11. The summed E-state index contributed by atoms with van der Waals surface area (Å²) in [6, 6.07) is 10.6. The van der Waals surface area contributed by atoms with E-state index in [1.807, 2.05) is 30.9 Å². The Morgan fingerprint density at radius 1 is 1.08 bits per heavy atom. The number of imide groups is 1. The zero-order valence-corrected chi connectivity index (χ0v) is 22.4. The third-order valence-corrected chi connectivity index (χ3v) is 7.57. The van der Waals surface area contributed by atoms with E-state index in [4.69, 9.17) is 16.7 Å². The molecule has 38 heavy (non-hydrogen) atoms. The molecule has 0 radical (unpaired) electrons. The van der Waals surface area contributed by atoms with Gasteiger partial charge in [-0.2, -0.15) is 5.10 Å². The van der Waals surface area contributed by atoms with E-state index < -0.39 is 17.8 Å². The summed E-state index contributed by atoms with van der Waals surface area (Å²) in [4.78, 5) is 40.6. The number of rotatable bonds is 7. The Labute approximate surface area is 226 Å². The number of piperidine rings is 1. The van der Waals surface area contributed by atoms with E-state index in [1.54, 1.807) is 31.2 Å². The smallest absolute Gasteiger partial charge is 0.317 e. The summed E-state index contributed by atoms with van der Waals surface area (Å²) in [6.45, 7) is 6.74. The molecule has 2 aromatic carbocycles. The lowest BCUT2D eigenvalue weighted by molar-refractivity contribution is -0.138. The van der Waals surface area contributed by atoms with Crippen LogP contribution in [0.15, 0.2) is 52.6 Å². The van der Waals surface area contributed by atoms with Gasteiger partial charge in [0.25, 0.3) is 11.8 Å². The maximum Gasteiger partial charge on any atom is 0.317 e. The van der Waals surface area contributed by atoms with E-state index in [0.717, 1.165) is 21.6 Å². The van der Waals surface area contributed by atoms with Gasteiger partial charge < -0.3 is 10.2 Å². The van der Waals surface area contributed by atoms with Crippen LogP contribution in [0.25, 0.3) is 0 Å². The molecule has 9 nitrogen and oxygen atoms in total.